The smallest absolute Gasteiger partial charge is 0.165 e. The van der Waals surface area contributed by atoms with Crippen LogP contribution in [0.5, 0.6) is 5.75 Å². The second-order valence-corrected chi connectivity index (χ2v) is 5.13. The zero-order valence-electron chi connectivity index (χ0n) is 9.16. The lowest BCUT2D eigenvalue weighted by Crippen LogP contribution is -2.03. The highest BCUT2D eigenvalue weighted by Gasteiger charge is 2.08. The Morgan fingerprint density at radius 2 is 2.12 bits per heavy atom. The van der Waals surface area contributed by atoms with E-state index in [0.717, 1.165) is 12.0 Å². The van der Waals surface area contributed by atoms with E-state index in [4.69, 9.17) is 4.74 Å². The third-order valence-corrected chi connectivity index (χ3v) is 3.91. The summed E-state index contributed by atoms with van der Waals surface area (Å²) >= 11 is 5.02. The van der Waals surface area contributed by atoms with Gasteiger partial charge in [0.1, 0.15) is 0 Å². The molecule has 0 atom stereocenters. The fourth-order valence-electron chi connectivity index (χ4n) is 1.53. The fraction of sp³-hybridized carbons (Fsp3) is 0.231. The molecule has 1 nitrogen and oxygen atoms in total. The standard InChI is InChI=1S/C13H12BrFOS/c14-9-10-3-1-5-12(15)13(10)16-7-6-11-4-2-8-17-11/h1-5,8H,6-7,9H2. The highest BCUT2D eigenvalue weighted by molar-refractivity contribution is 9.08. The van der Waals surface area contributed by atoms with Gasteiger partial charge in [0.25, 0.3) is 0 Å². The van der Waals surface area contributed by atoms with Crippen LogP contribution >= 0.6 is 27.3 Å². The van der Waals surface area contributed by atoms with E-state index in [-0.39, 0.29) is 5.82 Å². The first-order valence-electron chi connectivity index (χ1n) is 5.30. The SMILES string of the molecule is Fc1cccc(CBr)c1OCCc1cccs1. The van der Waals surface area contributed by atoms with Crippen molar-refractivity contribution in [2.24, 2.45) is 0 Å². The second kappa shape index (κ2) is 6.17. The van der Waals surface area contributed by atoms with E-state index < -0.39 is 0 Å². The van der Waals surface area contributed by atoms with E-state index in [2.05, 4.69) is 22.0 Å². The number of thiophene rings is 1. The molecule has 2 aromatic rings. The predicted octanol–water partition coefficient (Wildman–Crippen LogP) is 4.40. The molecule has 0 N–H and O–H groups in total. The van der Waals surface area contributed by atoms with Gasteiger partial charge in [0, 0.05) is 22.2 Å². The van der Waals surface area contributed by atoms with Gasteiger partial charge in [-0.1, -0.05) is 34.1 Å². The molecule has 90 valence electrons. The van der Waals surface area contributed by atoms with Crippen LogP contribution in [0.15, 0.2) is 35.7 Å². The molecule has 1 aromatic heterocycles. The van der Waals surface area contributed by atoms with Crippen molar-refractivity contribution in [2.45, 2.75) is 11.8 Å². The fourth-order valence-corrected chi connectivity index (χ4v) is 2.66. The van der Waals surface area contributed by atoms with Crippen LogP contribution in [0.1, 0.15) is 10.4 Å². The van der Waals surface area contributed by atoms with E-state index in [9.17, 15) is 4.39 Å². The van der Waals surface area contributed by atoms with Gasteiger partial charge in [0.2, 0.25) is 0 Å². The minimum Gasteiger partial charge on any atom is -0.490 e. The monoisotopic (exact) mass is 314 g/mol. The average Bonchev–Trinajstić information content (AvgIpc) is 2.84. The van der Waals surface area contributed by atoms with E-state index >= 15 is 0 Å². The maximum Gasteiger partial charge on any atom is 0.165 e. The van der Waals surface area contributed by atoms with Gasteiger partial charge in [-0.2, -0.15) is 0 Å². The van der Waals surface area contributed by atoms with Crippen LogP contribution in [0.25, 0.3) is 0 Å². The van der Waals surface area contributed by atoms with Crippen molar-refractivity contribution in [1.29, 1.82) is 0 Å². The molecule has 0 bridgehead atoms. The minimum absolute atomic E-state index is 0.298. The van der Waals surface area contributed by atoms with Gasteiger partial charge in [0.15, 0.2) is 11.6 Å². The largest absolute Gasteiger partial charge is 0.490 e. The Labute approximate surface area is 112 Å². The molecule has 0 aliphatic carbocycles. The summed E-state index contributed by atoms with van der Waals surface area (Å²) in [6.07, 6.45) is 0.813. The van der Waals surface area contributed by atoms with Crippen LogP contribution in [0.4, 0.5) is 4.39 Å². The van der Waals surface area contributed by atoms with Gasteiger partial charge in [-0.05, 0) is 17.5 Å². The molecule has 0 radical (unpaired) electrons. The molecule has 0 aliphatic heterocycles. The van der Waals surface area contributed by atoms with Crippen molar-refractivity contribution in [3.8, 4) is 5.75 Å². The highest BCUT2D eigenvalue weighted by atomic mass is 79.9. The lowest BCUT2D eigenvalue weighted by molar-refractivity contribution is 0.304. The van der Waals surface area contributed by atoms with Gasteiger partial charge in [0.05, 0.1) is 6.61 Å². The van der Waals surface area contributed by atoms with Crippen molar-refractivity contribution in [1.82, 2.24) is 0 Å². The van der Waals surface area contributed by atoms with Crippen LogP contribution in [0.3, 0.4) is 0 Å². The first-order chi connectivity index (χ1) is 8.31. The summed E-state index contributed by atoms with van der Waals surface area (Å²) in [5.74, 6) is 0.0639. The maximum atomic E-state index is 13.6. The van der Waals surface area contributed by atoms with Crippen molar-refractivity contribution in [2.75, 3.05) is 6.61 Å². The number of alkyl halides is 1. The Bertz CT molecular complexity index is 470. The Hall–Kier alpha value is -0.870. The molecular weight excluding hydrogens is 303 g/mol. The van der Waals surface area contributed by atoms with Crippen molar-refractivity contribution in [3.63, 3.8) is 0 Å². The summed E-state index contributed by atoms with van der Waals surface area (Å²) in [4.78, 5) is 1.25. The normalized spacial score (nSPS) is 10.5. The molecule has 1 aromatic carbocycles. The molecule has 0 unspecified atom stereocenters. The zero-order valence-corrected chi connectivity index (χ0v) is 11.6. The van der Waals surface area contributed by atoms with E-state index in [1.54, 1.807) is 17.4 Å². The second-order valence-electron chi connectivity index (χ2n) is 3.54. The van der Waals surface area contributed by atoms with Gasteiger partial charge in [-0.25, -0.2) is 4.39 Å². The summed E-state index contributed by atoms with van der Waals surface area (Å²) in [6, 6.07) is 9.04. The number of hydrogen-bond donors (Lipinski definition) is 0. The molecule has 1 heterocycles. The van der Waals surface area contributed by atoms with Gasteiger partial charge in [-0.3, -0.25) is 0 Å². The van der Waals surface area contributed by atoms with Crippen molar-refractivity contribution >= 4 is 27.3 Å². The number of hydrogen-bond acceptors (Lipinski definition) is 2. The number of benzene rings is 1. The quantitative estimate of drug-likeness (QED) is 0.743. The lowest BCUT2D eigenvalue weighted by Gasteiger charge is -2.10. The Kier molecular flexibility index (Phi) is 4.57. The molecule has 4 heteroatoms. The van der Waals surface area contributed by atoms with E-state index in [0.29, 0.717) is 17.7 Å². The summed E-state index contributed by atoms with van der Waals surface area (Å²) in [5.41, 5.74) is 0.844. The Morgan fingerprint density at radius 3 is 2.82 bits per heavy atom. The van der Waals surface area contributed by atoms with Crippen LogP contribution in [-0.2, 0) is 11.8 Å². The summed E-state index contributed by atoms with van der Waals surface area (Å²) in [6.45, 7) is 0.501. The van der Waals surface area contributed by atoms with Gasteiger partial charge >= 0.3 is 0 Å². The van der Waals surface area contributed by atoms with Crippen molar-refractivity contribution in [3.05, 3.63) is 52.0 Å². The maximum absolute atomic E-state index is 13.6. The first-order valence-corrected chi connectivity index (χ1v) is 7.30. The summed E-state index contributed by atoms with van der Waals surface area (Å²) in [7, 11) is 0. The Morgan fingerprint density at radius 1 is 1.24 bits per heavy atom. The summed E-state index contributed by atoms with van der Waals surface area (Å²) in [5, 5.41) is 2.63. The third kappa shape index (κ3) is 3.30. The number of halogens is 2. The third-order valence-electron chi connectivity index (χ3n) is 2.37. The molecule has 0 spiro atoms. The van der Waals surface area contributed by atoms with Crippen LogP contribution in [0.2, 0.25) is 0 Å². The predicted molar refractivity (Wildman–Crippen MR) is 72.5 cm³/mol. The molecular formula is C13H12BrFOS. The molecule has 2 rings (SSSR count). The van der Waals surface area contributed by atoms with Gasteiger partial charge in [-0.15, -0.1) is 11.3 Å². The van der Waals surface area contributed by atoms with E-state index in [1.807, 2.05) is 17.5 Å². The van der Waals surface area contributed by atoms with Gasteiger partial charge < -0.3 is 4.74 Å². The van der Waals surface area contributed by atoms with Crippen LogP contribution in [0, 0.1) is 5.82 Å². The first kappa shape index (κ1) is 12.6. The number of para-hydroxylation sites is 1. The summed E-state index contributed by atoms with van der Waals surface area (Å²) < 4.78 is 19.1. The zero-order chi connectivity index (χ0) is 12.1. The lowest BCUT2D eigenvalue weighted by atomic mass is 10.2. The van der Waals surface area contributed by atoms with E-state index in [1.165, 1.54) is 10.9 Å². The average molecular weight is 315 g/mol. The molecule has 17 heavy (non-hydrogen) atoms. The van der Waals surface area contributed by atoms with Crippen LogP contribution in [-0.4, -0.2) is 6.61 Å². The molecule has 0 aliphatic rings. The molecule has 0 saturated carbocycles. The Balaban J connectivity index is 1.98. The van der Waals surface area contributed by atoms with Crippen LogP contribution < -0.4 is 4.74 Å². The number of ether oxygens (including phenoxy) is 1. The molecule has 0 saturated heterocycles. The highest BCUT2D eigenvalue weighted by Crippen LogP contribution is 2.25. The molecule has 0 fully saturated rings. The molecule has 0 amide bonds. The minimum atomic E-state index is -0.298. The number of rotatable bonds is 5. The topological polar surface area (TPSA) is 9.23 Å². The van der Waals surface area contributed by atoms with Crippen molar-refractivity contribution < 1.29 is 9.13 Å².